The fourth-order valence-corrected chi connectivity index (χ4v) is 1.22. The number of aliphatic hydroxyl groups excluding tert-OH is 1. The maximum atomic E-state index is 12.5. The molecule has 0 radical (unpaired) electrons. The Labute approximate surface area is 91.7 Å². The number of benzene rings is 1. The number of hydrogen-bond acceptors (Lipinski definition) is 2. The van der Waals surface area contributed by atoms with Gasteiger partial charge in [-0.3, -0.25) is 0 Å². The summed E-state index contributed by atoms with van der Waals surface area (Å²) in [6, 6.07) is 7.75. The van der Waals surface area contributed by atoms with E-state index < -0.39 is 24.8 Å². The lowest BCUT2D eigenvalue weighted by Gasteiger charge is -2.22. The molecule has 0 spiro atoms. The maximum Gasteiger partial charge on any atom is 0.425 e. The Morgan fingerprint density at radius 3 is 2.25 bits per heavy atom. The van der Waals surface area contributed by atoms with Crippen molar-refractivity contribution in [1.82, 2.24) is 0 Å². The molecule has 90 valence electrons. The molecule has 1 N–H and O–H groups in total. The lowest BCUT2D eigenvalue weighted by molar-refractivity contribution is -0.201. The van der Waals surface area contributed by atoms with Gasteiger partial charge in [-0.1, -0.05) is 18.2 Å². The average molecular weight is 234 g/mol. The summed E-state index contributed by atoms with van der Waals surface area (Å²) in [5.74, 6) is 0.144. The molecule has 0 aliphatic rings. The molecule has 0 saturated carbocycles. The Kier molecular flexibility index (Phi) is 4.18. The lowest BCUT2D eigenvalue weighted by Crippen LogP contribution is -2.37. The van der Waals surface area contributed by atoms with Crippen LogP contribution in [0.4, 0.5) is 13.2 Å². The largest absolute Gasteiger partial charge is 0.481 e. The zero-order valence-electron chi connectivity index (χ0n) is 8.74. The summed E-state index contributed by atoms with van der Waals surface area (Å²) in [5, 5.41) is 8.98. The molecule has 0 saturated heterocycles. The first-order chi connectivity index (χ1) is 7.39. The minimum absolute atomic E-state index is 0.144. The topological polar surface area (TPSA) is 29.5 Å². The van der Waals surface area contributed by atoms with E-state index in [0.29, 0.717) is 0 Å². The first-order valence-electron chi connectivity index (χ1n) is 4.86. The van der Waals surface area contributed by atoms with E-state index in [1.165, 1.54) is 19.1 Å². The molecule has 16 heavy (non-hydrogen) atoms. The first-order valence-corrected chi connectivity index (χ1v) is 4.86. The van der Waals surface area contributed by atoms with Crippen molar-refractivity contribution in [2.45, 2.75) is 31.7 Å². The third-order valence-electron chi connectivity index (χ3n) is 1.94. The highest BCUT2D eigenvalue weighted by Gasteiger charge is 2.42. The molecule has 2 atom stereocenters. The third-order valence-corrected chi connectivity index (χ3v) is 1.94. The van der Waals surface area contributed by atoms with Crippen molar-refractivity contribution in [1.29, 1.82) is 0 Å². The Bertz CT molecular complexity index is 309. The predicted octanol–water partition coefficient (Wildman–Crippen LogP) is 2.77. The van der Waals surface area contributed by atoms with Gasteiger partial charge < -0.3 is 9.84 Å². The third kappa shape index (κ3) is 4.10. The Morgan fingerprint density at radius 1 is 1.25 bits per heavy atom. The summed E-state index contributed by atoms with van der Waals surface area (Å²) >= 11 is 0. The molecule has 0 heterocycles. The van der Waals surface area contributed by atoms with Gasteiger partial charge in [0.05, 0.1) is 6.10 Å². The van der Waals surface area contributed by atoms with Crippen molar-refractivity contribution < 1.29 is 23.0 Å². The summed E-state index contributed by atoms with van der Waals surface area (Å²) in [4.78, 5) is 0. The first kappa shape index (κ1) is 12.8. The summed E-state index contributed by atoms with van der Waals surface area (Å²) in [5.41, 5.74) is 0. The van der Waals surface area contributed by atoms with Gasteiger partial charge in [0.2, 0.25) is 0 Å². The van der Waals surface area contributed by atoms with Crippen LogP contribution in [0.15, 0.2) is 30.3 Å². The number of halogens is 3. The molecule has 1 aromatic carbocycles. The highest BCUT2D eigenvalue weighted by Crippen LogP contribution is 2.28. The van der Waals surface area contributed by atoms with E-state index in [-0.39, 0.29) is 5.75 Å². The molecule has 1 aromatic rings. The summed E-state index contributed by atoms with van der Waals surface area (Å²) in [7, 11) is 0. The molecule has 1 rings (SSSR count). The van der Waals surface area contributed by atoms with E-state index in [1.54, 1.807) is 18.2 Å². The lowest BCUT2D eigenvalue weighted by atomic mass is 10.1. The van der Waals surface area contributed by atoms with Crippen LogP contribution in [0.1, 0.15) is 13.3 Å². The van der Waals surface area contributed by atoms with Crippen LogP contribution in [0, 0.1) is 0 Å². The number of aliphatic hydroxyl groups is 1. The van der Waals surface area contributed by atoms with Crippen molar-refractivity contribution in [2.24, 2.45) is 0 Å². The SMILES string of the molecule is CC(O)CC(Oc1ccccc1)C(F)(F)F. The number of alkyl halides is 3. The van der Waals surface area contributed by atoms with E-state index in [2.05, 4.69) is 0 Å². The minimum Gasteiger partial charge on any atom is -0.481 e. The van der Waals surface area contributed by atoms with Crippen LogP contribution in [0.2, 0.25) is 0 Å². The molecular formula is C11H13F3O2. The second-order valence-electron chi connectivity index (χ2n) is 3.55. The Morgan fingerprint density at radius 2 is 1.81 bits per heavy atom. The minimum atomic E-state index is -4.48. The van der Waals surface area contributed by atoms with Gasteiger partial charge in [0.15, 0.2) is 6.10 Å². The van der Waals surface area contributed by atoms with Gasteiger partial charge in [-0.05, 0) is 19.1 Å². The average Bonchev–Trinajstić information content (AvgIpc) is 2.16. The van der Waals surface area contributed by atoms with Crippen molar-refractivity contribution in [3.63, 3.8) is 0 Å². The number of para-hydroxylation sites is 1. The quantitative estimate of drug-likeness (QED) is 0.868. The van der Waals surface area contributed by atoms with E-state index >= 15 is 0 Å². The van der Waals surface area contributed by atoms with Crippen LogP contribution in [-0.2, 0) is 0 Å². The standard InChI is InChI=1S/C11H13F3O2/c1-8(15)7-10(11(12,13)14)16-9-5-3-2-4-6-9/h2-6,8,10,15H,7H2,1H3. The molecule has 2 unspecified atom stereocenters. The Balaban J connectivity index is 2.72. The number of rotatable bonds is 4. The van der Waals surface area contributed by atoms with Gasteiger partial charge in [0.25, 0.3) is 0 Å². The van der Waals surface area contributed by atoms with Crippen molar-refractivity contribution in [2.75, 3.05) is 0 Å². The Hall–Kier alpha value is -1.23. The monoisotopic (exact) mass is 234 g/mol. The molecular weight excluding hydrogens is 221 g/mol. The molecule has 5 heteroatoms. The fraction of sp³-hybridized carbons (Fsp3) is 0.455. The van der Waals surface area contributed by atoms with E-state index in [1.807, 2.05) is 0 Å². The van der Waals surface area contributed by atoms with Crippen LogP contribution in [0.25, 0.3) is 0 Å². The maximum absolute atomic E-state index is 12.5. The summed E-state index contributed by atoms with van der Waals surface area (Å²) < 4.78 is 42.4. The smallest absolute Gasteiger partial charge is 0.425 e. The molecule has 0 aliphatic carbocycles. The van der Waals surface area contributed by atoms with E-state index in [9.17, 15) is 13.2 Å². The van der Waals surface area contributed by atoms with Crippen LogP contribution in [-0.4, -0.2) is 23.5 Å². The second kappa shape index (κ2) is 5.21. The van der Waals surface area contributed by atoms with Gasteiger partial charge in [-0.15, -0.1) is 0 Å². The fourth-order valence-electron chi connectivity index (χ4n) is 1.22. The number of hydrogen-bond donors (Lipinski definition) is 1. The zero-order chi connectivity index (χ0) is 12.2. The number of ether oxygens (including phenoxy) is 1. The van der Waals surface area contributed by atoms with Crippen molar-refractivity contribution in [3.05, 3.63) is 30.3 Å². The predicted molar refractivity (Wildman–Crippen MR) is 53.2 cm³/mol. The molecule has 0 bridgehead atoms. The molecule has 2 nitrogen and oxygen atoms in total. The van der Waals surface area contributed by atoms with Crippen LogP contribution in [0.5, 0.6) is 5.75 Å². The second-order valence-corrected chi connectivity index (χ2v) is 3.55. The van der Waals surface area contributed by atoms with Gasteiger partial charge in [-0.2, -0.15) is 13.2 Å². The van der Waals surface area contributed by atoms with Gasteiger partial charge in [-0.25, -0.2) is 0 Å². The summed E-state index contributed by atoms with van der Waals surface area (Å²) in [6.45, 7) is 1.30. The molecule has 0 amide bonds. The molecule has 0 aliphatic heterocycles. The van der Waals surface area contributed by atoms with E-state index in [0.717, 1.165) is 0 Å². The molecule has 0 fully saturated rings. The highest BCUT2D eigenvalue weighted by atomic mass is 19.4. The normalized spacial score (nSPS) is 15.6. The van der Waals surface area contributed by atoms with Gasteiger partial charge >= 0.3 is 6.18 Å². The van der Waals surface area contributed by atoms with Crippen molar-refractivity contribution in [3.8, 4) is 5.75 Å². The van der Waals surface area contributed by atoms with Gasteiger partial charge in [0.1, 0.15) is 5.75 Å². The van der Waals surface area contributed by atoms with Crippen molar-refractivity contribution >= 4 is 0 Å². The summed E-state index contributed by atoms with van der Waals surface area (Å²) in [6.07, 6.45) is -7.99. The van der Waals surface area contributed by atoms with Crippen LogP contribution >= 0.6 is 0 Å². The van der Waals surface area contributed by atoms with Crippen LogP contribution in [0.3, 0.4) is 0 Å². The zero-order valence-corrected chi connectivity index (χ0v) is 8.74. The molecule has 0 aromatic heterocycles. The highest BCUT2D eigenvalue weighted by molar-refractivity contribution is 5.21. The van der Waals surface area contributed by atoms with Crippen LogP contribution < -0.4 is 4.74 Å². The van der Waals surface area contributed by atoms with E-state index in [4.69, 9.17) is 9.84 Å². The van der Waals surface area contributed by atoms with Gasteiger partial charge in [0, 0.05) is 6.42 Å².